The Balaban J connectivity index is 3.43. The number of aldehydes is 1. The van der Waals surface area contributed by atoms with Gasteiger partial charge in [0.25, 0.3) is 0 Å². The van der Waals surface area contributed by atoms with Crippen LogP contribution in [-0.4, -0.2) is 58.7 Å². The molecule has 0 radical (unpaired) electrons. The van der Waals surface area contributed by atoms with Gasteiger partial charge in [-0.1, -0.05) is 44.2 Å². The van der Waals surface area contributed by atoms with Crippen LogP contribution in [0.15, 0.2) is 30.3 Å². The molecule has 0 aliphatic rings. The van der Waals surface area contributed by atoms with Crippen molar-refractivity contribution in [3.63, 3.8) is 0 Å². The van der Waals surface area contributed by atoms with E-state index in [1.165, 1.54) is 0 Å². The van der Waals surface area contributed by atoms with E-state index in [2.05, 4.69) is 5.32 Å². The Morgan fingerprint density at radius 2 is 1.71 bits per heavy atom. The minimum absolute atomic E-state index is 0.0180. The Kier molecular flexibility index (Phi) is 11.5. The SMILES string of the molecule is CC(C)C[C@H](N)C(=O)N(C(=O)OC(C)(C)C)[C@@H](Cc1ccccc1)C(=O)N[C@H](C=O)CCC(N)=O. The van der Waals surface area contributed by atoms with Crippen molar-refractivity contribution >= 4 is 30.1 Å². The fourth-order valence-electron chi connectivity index (χ4n) is 3.36. The molecule has 0 saturated carbocycles. The number of carbonyl (C=O) groups is 5. The first kappa shape index (κ1) is 29.8. The van der Waals surface area contributed by atoms with Crippen molar-refractivity contribution in [2.45, 2.75) is 84.0 Å². The van der Waals surface area contributed by atoms with Crippen LogP contribution in [0, 0.1) is 5.92 Å². The van der Waals surface area contributed by atoms with Crippen molar-refractivity contribution in [3.8, 4) is 0 Å². The van der Waals surface area contributed by atoms with E-state index in [1.54, 1.807) is 51.1 Å². The maximum atomic E-state index is 13.4. The van der Waals surface area contributed by atoms with E-state index in [-0.39, 0.29) is 31.6 Å². The van der Waals surface area contributed by atoms with Crippen LogP contribution in [0.1, 0.15) is 59.4 Å². The van der Waals surface area contributed by atoms with Crippen LogP contribution in [0.25, 0.3) is 0 Å². The summed E-state index contributed by atoms with van der Waals surface area (Å²) in [5.74, 6) is -2.09. The van der Waals surface area contributed by atoms with E-state index >= 15 is 0 Å². The summed E-state index contributed by atoms with van der Waals surface area (Å²) in [5, 5.41) is 2.52. The molecule has 1 aromatic rings. The van der Waals surface area contributed by atoms with E-state index in [0.29, 0.717) is 11.8 Å². The zero-order valence-electron chi connectivity index (χ0n) is 21.2. The molecule has 0 fully saturated rings. The molecule has 0 saturated heterocycles. The number of ether oxygens (including phenoxy) is 1. The van der Waals surface area contributed by atoms with Crippen LogP contribution in [-0.2, 0) is 30.3 Å². The topological polar surface area (TPSA) is 162 Å². The summed E-state index contributed by atoms with van der Waals surface area (Å²) in [6.07, 6.45) is -0.431. The summed E-state index contributed by atoms with van der Waals surface area (Å²) in [5.41, 5.74) is 11.0. The van der Waals surface area contributed by atoms with Crippen molar-refractivity contribution in [1.82, 2.24) is 10.2 Å². The Hall–Kier alpha value is -3.27. The number of rotatable bonds is 12. The van der Waals surface area contributed by atoms with Gasteiger partial charge < -0.3 is 26.3 Å². The number of carbonyl (C=O) groups excluding carboxylic acids is 5. The molecule has 0 spiro atoms. The highest BCUT2D eigenvalue weighted by Gasteiger charge is 2.40. The normalized spacial score (nSPS) is 13.9. The molecule has 1 rings (SSSR count). The van der Waals surface area contributed by atoms with Gasteiger partial charge in [0.15, 0.2) is 0 Å². The van der Waals surface area contributed by atoms with Gasteiger partial charge in [-0.25, -0.2) is 9.69 Å². The predicted octanol–water partition coefficient (Wildman–Crippen LogP) is 1.68. The average Bonchev–Trinajstić information content (AvgIpc) is 2.74. The summed E-state index contributed by atoms with van der Waals surface area (Å²) >= 11 is 0. The van der Waals surface area contributed by atoms with E-state index in [4.69, 9.17) is 16.2 Å². The van der Waals surface area contributed by atoms with E-state index in [9.17, 15) is 24.0 Å². The van der Waals surface area contributed by atoms with Gasteiger partial charge in [-0.3, -0.25) is 14.4 Å². The smallest absolute Gasteiger partial charge is 0.417 e. The fraction of sp³-hybridized carbons (Fsp3) is 0.560. The maximum Gasteiger partial charge on any atom is 0.417 e. The summed E-state index contributed by atoms with van der Waals surface area (Å²) in [6, 6.07) is 5.37. The van der Waals surface area contributed by atoms with Gasteiger partial charge in [0.2, 0.25) is 17.7 Å². The van der Waals surface area contributed by atoms with E-state index in [1.807, 2.05) is 13.8 Å². The van der Waals surface area contributed by atoms with Crippen molar-refractivity contribution < 1.29 is 28.7 Å². The number of nitrogens with zero attached hydrogens (tertiary/aromatic N) is 1. The van der Waals surface area contributed by atoms with Crippen LogP contribution in [0.5, 0.6) is 0 Å². The quantitative estimate of drug-likeness (QED) is 0.375. The lowest BCUT2D eigenvalue weighted by Gasteiger charge is -2.33. The van der Waals surface area contributed by atoms with E-state index in [0.717, 1.165) is 4.90 Å². The van der Waals surface area contributed by atoms with Crippen molar-refractivity contribution in [1.29, 1.82) is 0 Å². The zero-order valence-corrected chi connectivity index (χ0v) is 21.2. The van der Waals surface area contributed by atoms with Crippen molar-refractivity contribution in [2.75, 3.05) is 0 Å². The molecular weight excluding hydrogens is 452 g/mol. The molecule has 0 heterocycles. The fourth-order valence-corrected chi connectivity index (χ4v) is 3.36. The summed E-state index contributed by atoms with van der Waals surface area (Å²) in [6.45, 7) is 8.68. The minimum Gasteiger partial charge on any atom is -0.443 e. The summed E-state index contributed by atoms with van der Waals surface area (Å²) in [4.78, 5) is 63.4. The van der Waals surface area contributed by atoms with Gasteiger partial charge in [0.05, 0.1) is 12.1 Å². The number of nitrogens with two attached hydrogens (primary N) is 2. The lowest BCUT2D eigenvalue weighted by molar-refractivity contribution is -0.141. The first-order valence-corrected chi connectivity index (χ1v) is 11.6. The predicted molar refractivity (Wildman–Crippen MR) is 131 cm³/mol. The number of amides is 4. The van der Waals surface area contributed by atoms with Gasteiger partial charge in [-0.15, -0.1) is 0 Å². The maximum absolute atomic E-state index is 13.4. The molecule has 194 valence electrons. The van der Waals surface area contributed by atoms with Crippen LogP contribution in [0.2, 0.25) is 0 Å². The number of nitrogens with one attached hydrogen (secondary N) is 1. The Morgan fingerprint density at radius 3 is 2.20 bits per heavy atom. The second-order valence-electron chi connectivity index (χ2n) is 9.89. The van der Waals surface area contributed by atoms with Crippen LogP contribution in [0.4, 0.5) is 4.79 Å². The first-order chi connectivity index (χ1) is 16.2. The van der Waals surface area contributed by atoms with Crippen molar-refractivity contribution in [2.24, 2.45) is 17.4 Å². The Labute approximate surface area is 206 Å². The molecule has 0 aliphatic heterocycles. The second kappa shape index (κ2) is 13.6. The third-order valence-corrected chi connectivity index (χ3v) is 4.95. The molecule has 35 heavy (non-hydrogen) atoms. The van der Waals surface area contributed by atoms with Crippen LogP contribution >= 0.6 is 0 Å². The third-order valence-electron chi connectivity index (χ3n) is 4.95. The Bertz CT molecular complexity index is 882. The van der Waals surface area contributed by atoms with Gasteiger partial charge in [-0.2, -0.15) is 0 Å². The van der Waals surface area contributed by atoms with Gasteiger partial charge >= 0.3 is 6.09 Å². The molecule has 0 bridgehead atoms. The molecule has 0 unspecified atom stereocenters. The Morgan fingerprint density at radius 1 is 1.11 bits per heavy atom. The number of imide groups is 1. The highest BCUT2D eigenvalue weighted by Crippen LogP contribution is 2.18. The first-order valence-electron chi connectivity index (χ1n) is 11.6. The molecule has 0 aliphatic carbocycles. The highest BCUT2D eigenvalue weighted by atomic mass is 16.6. The third kappa shape index (κ3) is 10.7. The lowest BCUT2D eigenvalue weighted by atomic mass is 9.99. The molecule has 4 amide bonds. The number of hydrogen-bond donors (Lipinski definition) is 3. The van der Waals surface area contributed by atoms with Crippen LogP contribution in [0.3, 0.4) is 0 Å². The molecule has 10 nitrogen and oxygen atoms in total. The van der Waals surface area contributed by atoms with Crippen molar-refractivity contribution in [3.05, 3.63) is 35.9 Å². The minimum atomic E-state index is -1.35. The number of hydrogen-bond acceptors (Lipinski definition) is 7. The molecular formula is C25H38N4O6. The molecule has 1 aromatic carbocycles. The number of benzene rings is 1. The summed E-state index contributed by atoms with van der Waals surface area (Å²) in [7, 11) is 0. The molecule has 5 N–H and O–H groups in total. The number of primary amides is 1. The second-order valence-corrected chi connectivity index (χ2v) is 9.89. The standard InChI is InChI=1S/C25H38N4O6/c1-16(2)13-19(26)23(33)29(24(34)35-25(3,4)5)20(14-17-9-7-6-8-10-17)22(32)28-18(15-30)11-12-21(27)31/h6-10,15-16,18-20H,11-14,26H2,1-5H3,(H2,27,31)(H,28,32)/t18-,19-,20-/m0/s1. The zero-order chi connectivity index (χ0) is 26.8. The summed E-state index contributed by atoms with van der Waals surface area (Å²) < 4.78 is 5.46. The monoisotopic (exact) mass is 490 g/mol. The average molecular weight is 491 g/mol. The van der Waals surface area contributed by atoms with Gasteiger partial charge in [0, 0.05) is 12.8 Å². The molecule has 10 heteroatoms. The lowest BCUT2D eigenvalue weighted by Crippen LogP contribution is -2.59. The molecule has 0 aromatic heterocycles. The van der Waals surface area contributed by atoms with Gasteiger partial charge in [0.1, 0.15) is 17.9 Å². The van der Waals surface area contributed by atoms with Crippen LogP contribution < -0.4 is 16.8 Å². The molecule has 3 atom stereocenters. The largest absolute Gasteiger partial charge is 0.443 e. The van der Waals surface area contributed by atoms with E-state index < -0.39 is 47.5 Å². The van der Waals surface area contributed by atoms with Gasteiger partial charge in [-0.05, 0) is 45.1 Å². The highest BCUT2D eigenvalue weighted by molar-refractivity contribution is 6.00.